The highest BCUT2D eigenvalue weighted by molar-refractivity contribution is 5.14. The number of unbranched alkanes of at least 4 members (excludes halogenated alkanes) is 1. The molecule has 2 rings (SSSR count). The van der Waals surface area contributed by atoms with Crippen molar-refractivity contribution in [1.82, 2.24) is 10.2 Å². The largest absolute Gasteiger partial charge is 0.315 e. The number of nitrogens with zero attached hydrogens (tertiary/aromatic N) is 1. The van der Waals surface area contributed by atoms with Crippen molar-refractivity contribution in [2.75, 3.05) is 26.2 Å². The third kappa shape index (κ3) is 5.26. The van der Waals surface area contributed by atoms with Crippen molar-refractivity contribution in [3.8, 4) is 0 Å². The Hall–Kier alpha value is -0.860. The molecule has 1 aromatic carbocycles. The number of rotatable bonds is 9. The minimum Gasteiger partial charge on any atom is -0.315 e. The lowest BCUT2D eigenvalue weighted by molar-refractivity contribution is 0.243. The van der Waals surface area contributed by atoms with Crippen LogP contribution in [0.15, 0.2) is 30.3 Å². The Kier molecular flexibility index (Phi) is 7.10. The molecule has 2 heteroatoms. The molecule has 1 saturated heterocycles. The summed E-state index contributed by atoms with van der Waals surface area (Å²) in [5.41, 5.74) is 1.48. The fourth-order valence-corrected chi connectivity index (χ4v) is 3.15. The van der Waals surface area contributed by atoms with Crippen molar-refractivity contribution in [2.45, 2.75) is 51.5 Å². The van der Waals surface area contributed by atoms with Gasteiger partial charge in [-0.1, -0.05) is 37.3 Å². The fourth-order valence-electron chi connectivity index (χ4n) is 3.15. The van der Waals surface area contributed by atoms with Gasteiger partial charge in [0.05, 0.1) is 0 Å². The number of nitrogens with one attached hydrogen (secondary N) is 1. The molecule has 1 N–H and O–H groups in total. The zero-order chi connectivity index (χ0) is 14.0. The van der Waals surface area contributed by atoms with Crippen LogP contribution >= 0.6 is 0 Å². The molecule has 1 aliphatic rings. The minimum absolute atomic E-state index is 0.790. The molecule has 0 bridgehead atoms. The smallest absolute Gasteiger partial charge is 0.0221 e. The van der Waals surface area contributed by atoms with Gasteiger partial charge in [-0.25, -0.2) is 0 Å². The first kappa shape index (κ1) is 15.5. The van der Waals surface area contributed by atoms with Gasteiger partial charge in [0, 0.05) is 12.6 Å². The predicted molar refractivity (Wildman–Crippen MR) is 87.1 cm³/mol. The van der Waals surface area contributed by atoms with E-state index < -0.39 is 0 Å². The van der Waals surface area contributed by atoms with Crippen LogP contribution in [0.3, 0.4) is 0 Å². The second kappa shape index (κ2) is 9.15. The number of hydrogen-bond donors (Lipinski definition) is 1. The Bertz CT molecular complexity index is 350. The van der Waals surface area contributed by atoms with Crippen LogP contribution in [0.5, 0.6) is 0 Å². The normalized spacial score (nSPS) is 19.6. The molecule has 1 aliphatic heterocycles. The Morgan fingerprint density at radius 3 is 2.85 bits per heavy atom. The van der Waals surface area contributed by atoms with E-state index in [-0.39, 0.29) is 0 Å². The van der Waals surface area contributed by atoms with Crippen molar-refractivity contribution in [1.29, 1.82) is 0 Å². The van der Waals surface area contributed by atoms with Crippen LogP contribution in [0, 0.1) is 0 Å². The molecule has 0 saturated carbocycles. The van der Waals surface area contributed by atoms with Crippen LogP contribution in [0.1, 0.15) is 44.6 Å². The summed E-state index contributed by atoms with van der Waals surface area (Å²) in [6.45, 7) is 7.18. The highest BCUT2D eigenvalue weighted by Gasteiger charge is 2.22. The van der Waals surface area contributed by atoms with Crippen molar-refractivity contribution >= 4 is 0 Å². The summed E-state index contributed by atoms with van der Waals surface area (Å²) >= 11 is 0. The van der Waals surface area contributed by atoms with E-state index in [1.807, 2.05) is 0 Å². The summed E-state index contributed by atoms with van der Waals surface area (Å²) < 4.78 is 0. The molecule has 1 unspecified atom stereocenters. The van der Waals surface area contributed by atoms with Crippen LogP contribution in [-0.2, 0) is 6.42 Å². The third-order valence-corrected chi connectivity index (χ3v) is 4.31. The predicted octanol–water partition coefficient (Wildman–Crippen LogP) is 3.47. The van der Waals surface area contributed by atoms with Crippen LogP contribution in [0.2, 0.25) is 0 Å². The van der Waals surface area contributed by atoms with E-state index in [9.17, 15) is 0 Å². The average Bonchev–Trinajstić information content (AvgIpc) is 2.93. The summed E-state index contributed by atoms with van der Waals surface area (Å²) in [5.74, 6) is 0. The van der Waals surface area contributed by atoms with Crippen LogP contribution in [0.4, 0.5) is 0 Å². The van der Waals surface area contributed by atoms with E-state index in [1.165, 1.54) is 70.3 Å². The number of aryl methyl sites for hydroxylation is 1. The lowest BCUT2D eigenvalue weighted by Gasteiger charge is -2.24. The lowest BCUT2D eigenvalue weighted by atomic mass is 10.1. The zero-order valence-electron chi connectivity index (χ0n) is 13.0. The van der Waals surface area contributed by atoms with E-state index in [2.05, 4.69) is 47.5 Å². The van der Waals surface area contributed by atoms with Crippen LogP contribution in [-0.4, -0.2) is 37.1 Å². The average molecular weight is 274 g/mol. The van der Waals surface area contributed by atoms with Gasteiger partial charge in [0.1, 0.15) is 0 Å². The fraction of sp³-hybridized carbons (Fsp3) is 0.667. The maximum absolute atomic E-state index is 3.58. The molecule has 0 aromatic heterocycles. The standard InChI is InChI=1S/C18H30N2/c1-2-13-19-16-18-12-8-15-20(18)14-7-6-11-17-9-4-3-5-10-17/h3-5,9-10,18-19H,2,6-8,11-16H2,1H3. The summed E-state index contributed by atoms with van der Waals surface area (Å²) in [6, 6.07) is 11.7. The Morgan fingerprint density at radius 1 is 1.20 bits per heavy atom. The first-order valence-corrected chi connectivity index (χ1v) is 8.39. The molecular formula is C18H30N2. The third-order valence-electron chi connectivity index (χ3n) is 4.31. The molecule has 0 spiro atoms. The van der Waals surface area contributed by atoms with Crippen LogP contribution in [0.25, 0.3) is 0 Å². The van der Waals surface area contributed by atoms with Gasteiger partial charge in [-0.05, 0) is 63.7 Å². The number of likely N-dealkylation sites (tertiary alicyclic amines) is 1. The highest BCUT2D eigenvalue weighted by Crippen LogP contribution is 2.17. The van der Waals surface area contributed by atoms with E-state index in [0.29, 0.717) is 0 Å². The molecule has 1 aromatic rings. The first-order valence-electron chi connectivity index (χ1n) is 8.39. The number of benzene rings is 1. The molecule has 1 atom stereocenters. The van der Waals surface area contributed by atoms with Gasteiger partial charge >= 0.3 is 0 Å². The maximum atomic E-state index is 3.58. The lowest BCUT2D eigenvalue weighted by Crippen LogP contribution is -2.38. The highest BCUT2D eigenvalue weighted by atomic mass is 15.2. The van der Waals surface area contributed by atoms with Gasteiger partial charge < -0.3 is 5.32 Å². The Balaban J connectivity index is 1.60. The van der Waals surface area contributed by atoms with Crippen molar-refractivity contribution in [3.05, 3.63) is 35.9 Å². The van der Waals surface area contributed by atoms with Gasteiger partial charge in [-0.3, -0.25) is 4.90 Å². The minimum atomic E-state index is 0.790. The first-order chi connectivity index (χ1) is 9.90. The maximum Gasteiger partial charge on any atom is 0.0221 e. The van der Waals surface area contributed by atoms with Crippen LogP contribution < -0.4 is 5.32 Å². The molecule has 0 radical (unpaired) electrons. The molecule has 0 aliphatic carbocycles. The summed E-state index contributed by atoms with van der Waals surface area (Å²) in [6.07, 6.45) is 7.89. The van der Waals surface area contributed by atoms with Gasteiger partial charge in [0.25, 0.3) is 0 Å². The molecule has 1 fully saturated rings. The molecule has 112 valence electrons. The van der Waals surface area contributed by atoms with E-state index in [4.69, 9.17) is 0 Å². The second-order valence-corrected chi connectivity index (χ2v) is 5.98. The van der Waals surface area contributed by atoms with Crippen molar-refractivity contribution < 1.29 is 0 Å². The number of hydrogen-bond acceptors (Lipinski definition) is 2. The van der Waals surface area contributed by atoms with Crippen molar-refractivity contribution in [2.24, 2.45) is 0 Å². The summed E-state index contributed by atoms with van der Waals surface area (Å²) in [7, 11) is 0. The van der Waals surface area contributed by atoms with Gasteiger partial charge in [-0.2, -0.15) is 0 Å². The molecular weight excluding hydrogens is 244 g/mol. The molecule has 0 amide bonds. The van der Waals surface area contributed by atoms with E-state index in [0.717, 1.165) is 6.04 Å². The van der Waals surface area contributed by atoms with Crippen molar-refractivity contribution in [3.63, 3.8) is 0 Å². The quantitative estimate of drug-likeness (QED) is 0.694. The van der Waals surface area contributed by atoms with Gasteiger partial charge in [-0.15, -0.1) is 0 Å². The summed E-state index contributed by atoms with van der Waals surface area (Å²) in [4.78, 5) is 2.70. The SMILES string of the molecule is CCCNCC1CCCN1CCCCc1ccccc1. The van der Waals surface area contributed by atoms with Gasteiger partial charge in [0.15, 0.2) is 0 Å². The van der Waals surface area contributed by atoms with Gasteiger partial charge in [0.2, 0.25) is 0 Å². The van der Waals surface area contributed by atoms with E-state index in [1.54, 1.807) is 0 Å². The Morgan fingerprint density at radius 2 is 2.05 bits per heavy atom. The zero-order valence-corrected chi connectivity index (χ0v) is 13.0. The molecule has 2 nitrogen and oxygen atoms in total. The topological polar surface area (TPSA) is 15.3 Å². The second-order valence-electron chi connectivity index (χ2n) is 5.98. The van der Waals surface area contributed by atoms with E-state index >= 15 is 0 Å². The monoisotopic (exact) mass is 274 g/mol. The molecule has 20 heavy (non-hydrogen) atoms. The summed E-state index contributed by atoms with van der Waals surface area (Å²) in [5, 5.41) is 3.58. The molecule has 1 heterocycles. The Labute approximate surface area is 124 Å².